The smallest absolute Gasteiger partial charge is 0.451 e. The largest absolute Gasteiger partial charge is 0.480 e. The summed E-state index contributed by atoms with van der Waals surface area (Å²) in [5, 5.41) is 9.22. The van der Waals surface area contributed by atoms with Crippen molar-refractivity contribution >= 4 is 11.9 Å². The number of carbonyl (C=O) groups is 2. The molecule has 1 aromatic rings. The zero-order chi connectivity index (χ0) is 15.8. The standard InChI is InChI=1S/C12H12F3N3O3/c1-11(10(20)21)3-2-4-18(11)8(19)7-5-16-9(17-6-7)12(13,14)15/h5-6H,2-4H2,1H3,(H,20,21). The number of amides is 1. The van der Waals surface area contributed by atoms with Gasteiger partial charge in [-0.05, 0) is 19.8 Å². The fourth-order valence-corrected chi connectivity index (χ4v) is 2.25. The maximum absolute atomic E-state index is 12.4. The van der Waals surface area contributed by atoms with Crippen molar-refractivity contribution in [1.82, 2.24) is 14.9 Å². The van der Waals surface area contributed by atoms with Crippen LogP contribution in [-0.4, -0.2) is 43.9 Å². The molecule has 114 valence electrons. The second-order valence-electron chi connectivity index (χ2n) is 4.93. The zero-order valence-electron chi connectivity index (χ0n) is 11.0. The van der Waals surface area contributed by atoms with Gasteiger partial charge in [-0.15, -0.1) is 0 Å². The van der Waals surface area contributed by atoms with Gasteiger partial charge in [0, 0.05) is 18.9 Å². The number of alkyl halides is 3. The normalized spacial score (nSPS) is 22.4. The fourth-order valence-electron chi connectivity index (χ4n) is 2.25. The Morgan fingerprint density at radius 1 is 1.33 bits per heavy atom. The van der Waals surface area contributed by atoms with Gasteiger partial charge in [-0.3, -0.25) is 4.79 Å². The Morgan fingerprint density at radius 3 is 2.38 bits per heavy atom. The molecule has 1 N–H and O–H groups in total. The molecule has 1 fully saturated rings. The summed E-state index contributed by atoms with van der Waals surface area (Å²) >= 11 is 0. The second-order valence-corrected chi connectivity index (χ2v) is 4.93. The van der Waals surface area contributed by atoms with Crippen molar-refractivity contribution in [3.63, 3.8) is 0 Å². The number of likely N-dealkylation sites (tertiary alicyclic amines) is 1. The molecule has 0 spiro atoms. The lowest BCUT2D eigenvalue weighted by molar-refractivity contribution is -0.147. The molecular weight excluding hydrogens is 291 g/mol. The molecule has 0 aromatic carbocycles. The molecule has 1 unspecified atom stereocenters. The SMILES string of the molecule is CC1(C(=O)O)CCCN1C(=O)c1cnc(C(F)(F)F)nc1. The van der Waals surface area contributed by atoms with E-state index >= 15 is 0 Å². The summed E-state index contributed by atoms with van der Waals surface area (Å²) in [4.78, 5) is 30.8. The van der Waals surface area contributed by atoms with Gasteiger partial charge >= 0.3 is 12.1 Å². The highest BCUT2D eigenvalue weighted by atomic mass is 19.4. The Labute approximate surface area is 117 Å². The molecule has 9 heteroatoms. The fraction of sp³-hybridized carbons (Fsp3) is 0.500. The lowest BCUT2D eigenvalue weighted by Gasteiger charge is -2.31. The van der Waals surface area contributed by atoms with Crippen molar-refractivity contribution in [3.8, 4) is 0 Å². The van der Waals surface area contributed by atoms with Crippen LogP contribution in [0.15, 0.2) is 12.4 Å². The first-order chi connectivity index (χ1) is 9.66. The maximum Gasteiger partial charge on any atom is 0.451 e. The first kappa shape index (κ1) is 15.2. The monoisotopic (exact) mass is 303 g/mol. The Kier molecular flexibility index (Phi) is 3.60. The van der Waals surface area contributed by atoms with Crippen molar-refractivity contribution < 1.29 is 27.9 Å². The highest BCUT2D eigenvalue weighted by molar-refractivity contribution is 5.97. The number of carbonyl (C=O) groups excluding carboxylic acids is 1. The van der Waals surface area contributed by atoms with Crippen LogP contribution in [0, 0.1) is 0 Å². The van der Waals surface area contributed by atoms with E-state index < -0.39 is 29.4 Å². The second kappa shape index (κ2) is 4.97. The molecule has 0 saturated carbocycles. The van der Waals surface area contributed by atoms with Crippen LogP contribution < -0.4 is 0 Å². The summed E-state index contributed by atoms with van der Waals surface area (Å²) in [5.74, 6) is -3.19. The van der Waals surface area contributed by atoms with E-state index in [9.17, 15) is 27.9 Å². The van der Waals surface area contributed by atoms with Crippen LogP contribution in [0.5, 0.6) is 0 Å². The van der Waals surface area contributed by atoms with Crippen LogP contribution in [0.1, 0.15) is 35.9 Å². The average Bonchev–Trinajstić information content (AvgIpc) is 2.80. The van der Waals surface area contributed by atoms with Gasteiger partial charge in [0.2, 0.25) is 5.82 Å². The summed E-state index contributed by atoms with van der Waals surface area (Å²) in [6, 6.07) is 0. The quantitative estimate of drug-likeness (QED) is 0.896. The van der Waals surface area contributed by atoms with Gasteiger partial charge in [0.1, 0.15) is 5.54 Å². The molecule has 1 aromatic heterocycles. The van der Waals surface area contributed by atoms with Crippen molar-refractivity contribution in [2.75, 3.05) is 6.54 Å². The summed E-state index contributed by atoms with van der Waals surface area (Å²) in [6.45, 7) is 1.63. The molecule has 2 heterocycles. The van der Waals surface area contributed by atoms with Gasteiger partial charge < -0.3 is 10.0 Å². The lowest BCUT2D eigenvalue weighted by Crippen LogP contribution is -2.50. The third-order valence-corrected chi connectivity index (χ3v) is 3.50. The number of rotatable bonds is 2. The van der Waals surface area contributed by atoms with Crippen molar-refractivity contribution in [2.45, 2.75) is 31.5 Å². The van der Waals surface area contributed by atoms with E-state index in [4.69, 9.17) is 0 Å². The minimum absolute atomic E-state index is 0.169. The van der Waals surface area contributed by atoms with Gasteiger partial charge in [0.05, 0.1) is 5.56 Å². The Hall–Kier alpha value is -2.19. The van der Waals surface area contributed by atoms with Crippen molar-refractivity contribution in [2.24, 2.45) is 0 Å². The van der Waals surface area contributed by atoms with Crippen LogP contribution in [0.2, 0.25) is 0 Å². The Bertz CT molecular complexity index is 573. The number of aliphatic carboxylic acids is 1. The molecule has 0 radical (unpaired) electrons. The molecular formula is C12H12F3N3O3. The topological polar surface area (TPSA) is 83.4 Å². The van der Waals surface area contributed by atoms with Crippen LogP contribution in [0.4, 0.5) is 13.2 Å². The van der Waals surface area contributed by atoms with Crippen molar-refractivity contribution in [3.05, 3.63) is 23.8 Å². The van der Waals surface area contributed by atoms with Crippen LogP contribution >= 0.6 is 0 Å². The first-order valence-corrected chi connectivity index (χ1v) is 6.11. The molecule has 2 rings (SSSR count). The zero-order valence-corrected chi connectivity index (χ0v) is 11.0. The van der Waals surface area contributed by atoms with Gasteiger partial charge in [-0.25, -0.2) is 14.8 Å². The highest BCUT2D eigenvalue weighted by Gasteiger charge is 2.46. The van der Waals surface area contributed by atoms with Gasteiger partial charge in [-0.2, -0.15) is 13.2 Å². The summed E-state index contributed by atoms with van der Waals surface area (Å²) in [5.41, 5.74) is -1.53. The molecule has 21 heavy (non-hydrogen) atoms. The summed E-state index contributed by atoms with van der Waals surface area (Å²) in [7, 11) is 0. The van der Waals surface area contributed by atoms with Crippen molar-refractivity contribution in [1.29, 1.82) is 0 Å². The van der Waals surface area contributed by atoms with Crippen LogP contribution in [0.3, 0.4) is 0 Å². The number of carboxylic acids is 1. The Morgan fingerprint density at radius 2 is 1.90 bits per heavy atom. The van der Waals surface area contributed by atoms with E-state index in [0.29, 0.717) is 6.42 Å². The minimum atomic E-state index is -4.69. The van der Waals surface area contributed by atoms with Crippen LogP contribution in [-0.2, 0) is 11.0 Å². The van der Waals surface area contributed by atoms with Gasteiger partial charge in [0.25, 0.3) is 5.91 Å². The molecule has 0 bridgehead atoms. The molecule has 1 amide bonds. The average molecular weight is 303 g/mol. The van der Waals surface area contributed by atoms with E-state index in [1.807, 2.05) is 0 Å². The van der Waals surface area contributed by atoms with Gasteiger partial charge in [0.15, 0.2) is 0 Å². The molecule has 1 aliphatic heterocycles. The van der Waals surface area contributed by atoms with E-state index in [1.54, 1.807) is 0 Å². The van der Waals surface area contributed by atoms with E-state index in [1.165, 1.54) is 6.92 Å². The van der Waals surface area contributed by atoms with Crippen LogP contribution in [0.25, 0.3) is 0 Å². The molecule has 1 saturated heterocycles. The molecule has 6 nitrogen and oxygen atoms in total. The molecule has 1 aliphatic rings. The lowest BCUT2D eigenvalue weighted by atomic mass is 9.99. The number of hydrogen-bond acceptors (Lipinski definition) is 4. The first-order valence-electron chi connectivity index (χ1n) is 6.11. The predicted molar refractivity (Wildman–Crippen MR) is 63.3 cm³/mol. The third-order valence-electron chi connectivity index (χ3n) is 3.50. The number of halogens is 3. The number of nitrogens with zero attached hydrogens (tertiary/aromatic N) is 3. The van der Waals surface area contributed by atoms with E-state index in [0.717, 1.165) is 17.3 Å². The minimum Gasteiger partial charge on any atom is -0.480 e. The molecule has 1 atom stereocenters. The predicted octanol–water partition coefficient (Wildman–Crippen LogP) is 1.57. The summed E-state index contributed by atoms with van der Waals surface area (Å²) in [6.07, 6.45) is -2.37. The number of aromatic nitrogens is 2. The number of carboxylic acid groups (broad SMARTS) is 1. The van der Waals surface area contributed by atoms with E-state index in [-0.39, 0.29) is 18.5 Å². The number of hydrogen-bond donors (Lipinski definition) is 1. The van der Waals surface area contributed by atoms with Gasteiger partial charge in [-0.1, -0.05) is 0 Å². The maximum atomic E-state index is 12.4. The third kappa shape index (κ3) is 2.67. The molecule has 0 aliphatic carbocycles. The summed E-state index contributed by atoms with van der Waals surface area (Å²) < 4.78 is 37.1. The Balaban J connectivity index is 2.26. The van der Waals surface area contributed by atoms with E-state index in [2.05, 4.69) is 9.97 Å². The highest BCUT2D eigenvalue weighted by Crippen LogP contribution is 2.31.